The third-order valence-corrected chi connectivity index (χ3v) is 9.09. The van der Waals surface area contributed by atoms with Crippen molar-refractivity contribution in [3.63, 3.8) is 0 Å². The maximum atomic E-state index is 16.2. The molecule has 2 amide bonds. The van der Waals surface area contributed by atoms with Gasteiger partial charge in [0.25, 0.3) is 5.91 Å². The van der Waals surface area contributed by atoms with Crippen LogP contribution in [0.2, 0.25) is 0 Å². The zero-order chi connectivity index (χ0) is 39.5. The van der Waals surface area contributed by atoms with Gasteiger partial charge in [-0.05, 0) is 47.9 Å². The van der Waals surface area contributed by atoms with Crippen molar-refractivity contribution in [2.24, 2.45) is 11.7 Å². The second kappa shape index (κ2) is 18.8. The van der Waals surface area contributed by atoms with E-state index in [1.807, 2.05) is 13.8 Å². The van der Waals surface area contributed by atoms with Crippen LogP contribution in [-0.4, -0.2) is 71.4 Å². The number of esters is 2. The quantitative estimate of drug-likeness (QED) is 0.143. The van der Waals surface area contributed by atoms with Crippen molar-refractivity contribution in [3.8, 4) is 11.9 Å². The fraction of sp³-hybridized carbons (Fsp3) is 0.366. The van der Waals surface area contributed by atoms with Crippen molar-refractivity contribution in [1.29, 1.82) is 5.26 Å². The largest absolute Gasteiger partial charge is 0.459 e. The zero-order valence-corrected chi connectivity index (χ0v) is 30.9. The van der Waals surface area contributed by atoms with Gasteiger partial charge in [0.2, 0.25) is 18.1 Å². The SMILES string of the molecule is CC(C)c1nn(CCC#N)c(O[C@@H]2O[C@H](COC(=O)c3ccccc3)[C@@H](F)C(C)[C@H]2OC(=O)c2ccccc2)c1Cc1ccc(C(=O)NCCC(N)=O)cc1. The number of rotatable bonds is 16. The molecule has 0 bridgehead atoms. The lowest BCUT2D eigenvalue weighted by Crippen LogP contribution is -2.56. The topological polar surface area (TPSA) is 185 Å². The predicted molar refractivity (Wildman–Crippen MR) is 198 cm³/mol. The highest BCUT2D eigenvalue weighted by Crippen LogP contribution is 2.37. The molecule has 288 valence electrons. The minimum Gasteiger partial charge on any atom is -0.459 e. The van der Waals surface area contributed by atoms with Gasteiger partial charge in [0, 0.05) is 36.4 Å². The van der Waals surface area contributed by atoms with Crippen LogP contribution in [0.5, 0.6) is 5.88 Å². The molecule has 1 aliphatic rings. The fourth-order valence-electron chi connectivity index (χ4n) is 6.12. The van der Waals surface area contributed by atoms with E-state index in [0.29, 0.717) is 16.8 Å². The van der Waals surface area contributed by atoms with Gasteiger partial charge in [0.15, 0.2) is 6.10 Å². The molecule has 3 N–H and O–H groups in total. The maximum Gasteiger partial charge on any atom is 0.338 e. The number of alkyl halides is 1. The van der Waals surface area contributed by atoms with E-state index in [2.05, 4.69) is 11.4 Å². The highest BCUT2D eigenvalue weighted by molar-refractivity contribution is 5.94. The Hall–Kier alpha value is -6.07. The number of benzene rings is 3. The third-order valence-electron chi connectivity index (χ3n) is 9.09. The number of primary amides is 1. The predicted octanol–water partition coefficient (Wildman–Crippen LogP) is 5.28. The van der Waals surface area contributed by atoms with E-state index in [-0.39, 0.29) is 61.2 Å². The second-order valence-electron chi connectivity index (χ2n) is 13.5. The molecular formula is C41H44FN5O8. The summed E-state index contributed by atoms with van der Waals surface area (Å²) in [6, 6.07) is 25.5. The summed E-state index contributed by atoms with van der Waals surface area (Å²) < 4.78 is 41.9. The summed E-state index contributed by atoms with van der Waals surface area (Å²) in [6.45, 7) is 5.29. The number of carbonyl (C=O) groups is 4. The number of nitrogens with two attached hydrogens (primary N) is 1. The average Bonchev–Trinajstić information content (AvgIpc) is 3.52. The molecule has 5 atom stereocenters. The van der Waals surface area contributed by atoms with Gasteiger partial charge in [-0.3, -0.25) is 9.59 Å². The standard InChI is InChI=1S/C41H44FN5O8/c1-25(2)35-31(23-27-15-17-28(18-16-27)37(49)45-21-19-33(44)48)38(47(46-35)22-10-20-43)55-41-36(54-40(51)30-13-8-5-9-14-30)26(3)34(42)32(53-41)24-52-39(50)29-11-6-4-7-12-29/h4-9,11-18,25-26,32,34,36,41H,10,19,21-24H2,1-3H3,(H2,44,48)(H,45,49)/t26?,32-,34+,36-,41+/m1/s1. The molecule has 3 aromatic carbocycles. The van der Waals surface area contributed by atoms with Crippen molar-refractivity contribution in [3.05, 3.63) is 118 Å². The van der Waals surface area contributed by atoms with Crippen LogP contribution < -0.4 is 15.8 Å². The number of hydrogen-bond acceptors (Lipinski definition) is 10. The first kappa shape index (κ1) is 40.1. The van der Waals surface area contributed by atoms with Gasteiger partial charge in [0.1, 0.15) is 18.9 Å². The molecule has 13 nitrogen and oxygen atoms in total. The van der Waals surface area contributed by atoms with Crippen LogP contribution >= 0.6 is 0 Å². The highest BCUT2D eigenvalue weighted by atomic mass is 19.1. The summed E-state index contributed by atoms with van der Waals surface area (Å²) in [5, 5.41) is 17.0. The molecule has 0 aliphatic carbocycles. The van der Waals surface area contributed by atoms with Crippen molar-refractivity contribution in [1.82, 2.24) is 15.1 Å². The van der Waals surface area contributed by atoms with E-state index in [9.17, 15) is 24.4 Å². The molecule has 2 heterocycles. The molecule has 1 fully saturated rings. The highest BCUT2D eigenvalue weighted by Gasteiger charge is 2.49. The van der Waals surface area contributed by atoms with Crippen molar-refractivity contribution in [2.45, 2.75) is 77.2 Å². The minimum atomic E-state index is -1.72. The van der Waals surface area contributed by atoms with Crippen LogP contribution in [0.15, 0.2) is 84.9 Å². The van der Waals surface area contributed by atoms with Crippen molar-refractivity contribution < 1.29 is 42.5 Å². The van der Waals surface area contributed by atoms with E-state index in [4.69, 9.17) is 29.8 Å². The second-order valence-corrected chi connectivity index (χ2v) is 13.5. The number of amides is 2. The van der Waals surface area contributed by atoms with Gasteiger partial charge in [-0.25, -0.2) is 18.7 Å². The molecular weight excluding hydrogens is 709 g/mol. The molecule has 4 aromatic rings. The zero-order valence-electron chi connectivity index (χ0n) is 30.9. The number of halogens is 1. The van der Waals surface area contributed by atoms with Gasteiger partial charge in [0.05, 0.1) is 35.9 Å². The number of aromatic nitrogens is 2. The molecule has 0 spiro atoms. The summed E-state index contributed by atoms with van der Waals surface area (Å²) in [5.74, 6) is -3.11. The molecule has 55 heavy (non-hydrogen) atoms. The van der Waals surface area contributed by atoms with Gasteiger partial charge < -0.3 is 30.0 Å². The molecule has 14 heteroatoms. The van der Waals surface area contributed by atoms with E-state index >= 15 is 4.39 Å². The normalized spacial score (nSPS) is 19.2. The van der Waals surface area contributed by atoms with Crippen LogP contribution in [0, 0.1) is 17.2 Å². The number of carbonyl (C=O) groups excluding carboxylic acids is 4. The smallest absolute Gasteiger partial charge is 0.338 e. The molecule has 0 saturated carbocycles. The Bertz CT molecular complexity index is 1980. The van der Waals surface area contributed by atoms with Crippen LogP contribution in [0.4, 0.5) is 4.39 Å². The van der Waals surface area contributed by atoms with Gasteiger partial charge >= 0.3 is 11.9 Å². The van der Waals surface area contributed by atoms with E-state index in [1.165, 1.54) is 0 Å². The van der Waals surface area contributed by atoms with Crippen LogP contribution in [0.3, 0.4) is 0 Å². The van der Waals surface area contributed by atoms with Crippen LogP contribution in [-0.2, 0) is 32.0 Å². The minimum absolute atomic E-state index is 0.0156. The van der Waals surface area contributed by atoms with E-state index in [0.717, 1.165) is 5.56 Å². The van der Waals surface area contributed by atoms with Gasteiger partial charge in [-0.15, -0.1) is 0 Å². The van der Waals surface area contributed by atoms with Crippen LogP contribution in [0.25, 0.3) is 0 Å². The van der Waals surface area contributed by atoms with E-state index in [1.54, 1.807) is 96.5 Å². The first-order valence-corrected chi connectivity index (χ1v) is 18.0. The number of aryl methyl sites for hydroxylation is 1. The number of nitrogens with one attached hydrogen (secondary N) is 1. The van der Waals surface area contributed by atoms with Crippen LogP contribution in [0.1, 0.15) is 87.4 Å². The number of hydrogen-bond donors (Lipinski definition) is 2. The molecule has 1 aromatic heterocycles. The molecule has 0 radical (unpaired) electrons. The summed E-state index contributed by atoms with van der Waals surface area (Å²) in [7, 11) is 0. The first-order chi connectivity index (χ1) is 26.5. The third kappa shape index (κ3) is 10.3. The average molecular weight is 754 g/mol. The summed E-state index contributed by atoms with van der Waals surface area (Å²) in [6.07, 6.45) is -5.28. The Morgan fingerprint density at radius 2 is 1.60 bits per heavy atom. The Morgan fingerprint density at radius 1 is 0.964 bits per heavy atom. The van der Waals surface area contributed by atoms with Crippen molar-refractivity contribution >= 4 is 23.8 Å². The fourth-order valence-corrected chi connectivity index (χ4v) is 6.12. The number of ether oxygens (including phenoxy) is 4. The number of nitriles is 1. The maximum absolute atomic E-state index is 16.2. The Morgan fingerprint density at radius 3 is 2.20 bits per heavy atom. The summed E-state index contributed by atoms with van der Waals surface area (Å²) >= 11 is 0. The molecule has 1 unspecified atom stereocenters. The Labute approximate surface area is 318 Å². The van der Waals surface area contributed by atoms with Crippen molar-refractivity contribution in [2.75, 3.05) is 13.2 Å². The Kier molecular flexibility index (Phi) is 13.7. The molecule has 1 saturated heterocycles. The lowest BCUT2D eigenvalue weighted by Gasteiger charge is -2.41. The summed E-state index contributed by atoms with van der Waals surface area (Å²) in [4.78, 5) is 49.9. The molecule has 1 aliphatic heterocycles. The molecule has 5 rings (SSSR count). The monoisotopic (exact) mass is 753 g/mol. The summed E-state index contributed by atoms with van der Waals surface area (Å²) in [5.41, 5.74) is 8.19. The first-order valence-electron chi connectivity index (χ1n) is 18.0. The Balaban J connectivity index is 1.47. The lowest BCUT2D eigenvalue weighted by molar-refractivity contribution is -0.249. The van der Waals surface area contributed by atoms with E-state index < -0.39 is 55.0 Å². The number of nitrogens with zero attached hydrogens (tertiary/aromatic N) is 3. The van der Waals surface area contributed by atoms with Gasteiger partial charge in [-0.2, -0.15) is 10.4 Å². The lowest BCUT2D eigenvalue weighted by atomic mass is 9.91. The van der Waals surface area contributed by atoms with Gasteiger partial charge in [-0.1, -0.05) is 69.3 Å².